The second-order valence-electron chi connectivity index (χ2n) is 5.43. The van der Waals surface area contributed by atoms with Crippen LogP contribution in [-0.2, 0) is 0 Å². The highest BCUT2D eigenvalue weighted by Gasteiger charge is 2.12. The summed E-state index contributed by atoms with van der Waals surface area (Å²) in [5, 5.41) is 3.34. The first kappa shape index (κ1) is 14.8. The molecule has 0 spiro atoms. The van der Waals surface area contributed by atoms with Crippen molar-refractivity contribution in [3.63, 3.8) is 0 Å². The molecule has 1 aliphatic rings. The van der Waals surface area contributed by atoms with Gasteiger partial charge in [0.15, 0.2) is 0 Å². The molecule has 0 unspecified atom stereocenters. The van der Waals surface area contributed by atoms with Gasteiger partial charge in [-0.1, -0.05) is 0 Å². The van der Waals surface area contributed by atoms with E-state index >= 15 is 0 Å². The summed E-state index contributed by atoms with van der Waals surface area (Å²) in [4.78, 5) is 21.0. The summed E-state index contributed by atoms with van der Waals surface area (Å²) >= 11 is 0. The van der Waals surface area contributed by atoms with Crippen molar-refractivity contribution in [1.82, 2.24) is 20.2 Å². The van der Waals surface area contributed by atoms with Gasteiger partial charge >= 0.3 is 0 Å². The Morgan fingerprint density at radius 2 is 2.18 bits per heavy atom. The smallest absolute Gasteiger partial charge is 0.248 e. The van der Waals surface area contributed by atoms with Crippen LogP contribution >= 0.6 is 0 Å². The van der Waals surface area contributed by atoms with Crippen molar-refractivity contribution < 1.29 is 9.53 Å². The van der Waals surface area contributed by atoms with Crippen LogP contribution in [0.5, 0.6) is 5.75 Å². The topological polar surface area (TPSA) is 96.3 Å². The zero-order valence-electron chi connectivity index (χ0n) is 12.5. The molecule has 0 bridgehead atoms. The standard InChI is InChI=1S/C15H21N5O2/c16-15(21)11-8-12-14(19-10-18-12)13(9-11)22-7-1-4-20-5-2-17-3-6-20/h8-10,17H,1-7H2,(H2,16,21)(H,18,19). The highest BCUT2D eigenvalue weighted by atomic mass is 16.5. The Bertz CT molecular complexity index is 648. The number of nitrogens with zero attached hydrogens (tertiary/aromatic N) is 2. The first-order chi connectivity index (χ1) is 10.7. The lowest BCUT2D eigenvalue weighted by atomic mass is 10.1. The number of hydrogen-bond acceptors (Lipinski definition) is 5. The minimum absolute atomic E-state index is 0.425. The van der Waals surface area contributed by atoms with Gasteiger partial charge in [-0.3, -0.25) is 4.79 Å². The third-order valence-electron chi connectivity index (χ3n) is 3.86. The lowest BCUT2D eigenvalue weighted by Crippen LogP contribution is -2.43. The van der Waals surface area contributed by atoms with E-state index in [0.29, 0.717) is 17.9 Å². The van der Waals surface area contributed by atoms with Crippen molar-refractivity contribution in [2.45, 2.75) is 6.42 Å². The van der Waals surface area contributed by atoms with Crippen molar-refractivity contribution >= 4 is 16.9 Å². The highest BCUT2D eigenvalue weighted by molar-refractivity contribution is 5.98. The molecule has 2 heterocycles. The number of carbonyl (C=O) groups excluding carboxylic acids is 1. The van der Waals surface area contributed by atoms with Crippen LogP contribution < -0.4 is 15.8 Å². The number of carbonyl (C=O) groups is 1. The number of ether oxygens (including phenoxy) is 1. The Balaban J connectivity index is 1.60. The second kappa shape index (κ2) is 6.76. The van der Waals surface area contributed by atoms with Gasteiger partial charge < -0.3 is 25.7 Å². The van der Waals surface area contributed by atoms with Gasteiger partial charge in [0, 0.05) is 38.3 Å². The first-order valence-corrected chi connectivity index (χ1v) is 7.57. The molecule has 3 rings (SSSR count). The van der Waals surface area contributed by atoms with E-state index in [-0.39, 0.29) is 0 Å². The minimum atomic E-state index is -0.470. The quantitative estimate of drug-likeness (QED) is 0.669. The van der Waals surface area contributed by atoms with Gasteiger partial charge in [-0.2, -0.15) is 0 Å². The number of aromatic amines is 1. The van der Waals surface area contributed by atoms with Crippen molar-refractivity contribution in [3.05, 3.63) is 24.0 Å². The Labute approximate surface area is 128 Å². The molecule has 0 atom stereocenters. The molecule has 4 N–H and O–H groups in total. The number of imidazole rings is 1. The normalized spacial score (nSPS) is 16.0. The number of rotatable bonds is 6. The molecular weight excluding hydrogens is 282 g/mol. The third-order valence-corrected chi connectivity index (χ3v) is 3.86. The highest BCUT2D eigenvalue weighted by Crippen LogP contribution is 2.25. The number of amides is 1. The van der Waals surface area contributed by atoms with Gasteiger partial charge in [-0.25, -0.2) is 4.98 Å². The van der Waals surface area contributed by atoms with Crippen LogP contribution in [0.15, 0.2) is 18.5 Å². The molecule has 0 saturated carbocycles. The van der Waals surface area contributed by atoms with Crippen LogP contribution in [0.4, 0.5) is 0 Å². The Morgan fingerprint density at radius 3 is 2.95 bits per heavy atom. The van der Waals surface area contributed by atoms with Crippen LogP contribution in [0.1, 0.15) is 16.8 Å². The van der Waals surface area contributed by atoms with E-state index in [4.69, 9.17) is 10.5 Å². The molecular formula is C15H21N5O2. The molecule has 7 nitrogen and oxygen atoms in total. The number of H-pyrrole nitrogens is 1. The lowest BCUT2D eigenvalue weighted by molar-refractivity contribution is 0.1000. The number of primary amides is 1. The average molecular weight is 303 g/mol. The molecule has 2 aromatic rings. The Hall–Kier alpha value is -2.12. The molecule has 22 heavy (non-hydrogen) atoms. The Kier molecular flexibility index (Phi) is 4.55. The van der Waals surface area contributed by atoms with E-state index < -0.39 is 5.91 Å². The number of piperazine rings is 1. The van der Waals surface area contributed by atoms with Gasteiger partial charge in [0.05, 0.1) is 18.5 Å². The number of hydrogen-bond donors (Lipinski definition) is 3. The lowest BCUT2D eigenvalue weighted by Gasteiger charge is -2.26. The third kappa shape index (κ3) is 3.37. The first-order valence-electron chi connectivity index (χ1n) is 7.57. The molecule has 1 aliphatic heterocycles. The van der Waals surface area contributed by atoms with E-state index in [2.05, 4.69) is 20.2 Å². The van der Waals surface area contributed by atoms with Gasteiger partial charge in [-0.05, 0) is 18.6 Å². The average Bonchev–Trinajstić information content (AvgIpc) is 3.01. The van der Waals surface area contributed by atoms with E-state index in [9.17, 15) is 4.79 Å². The van der Waals surface area contributed by atoms with Crippen LogP contribution in [-0.4, -0.2) is 60.1 Å². The van der Waals surface area contributed by atoms with Crippen LogP contribution in [0.3, 0.4) is 0 Å². The van der Waals surface area contributed by atoms with Gasteiger partial charge in [0.1, 0.15) is 11.3 Å². The van der Waals surface area contributed by atoms with E-state index in [1.807, 2.05) is 0 Å². The van der Waals surface area contributed by atoms with Crippen LogP contribution in [0.25, 0.3) is 11.0 Å². The van der Waals surface area contributed by atoms with Crippen molar-refractivity contribution in [3.8, 4) is 5.75 Å². The molecule has 0 aliphatic carbocycles. The van der Waals surface area contributed by atoms with Crippen LogP contribution in [0.2, 0.25) is 0 Å². The van der Waals surface area contributed by atoms with E-state index in [1.165, 1.54) is 0 Å². The zero-order valence-corrected chi connectivity index (χ0v) is 12.5. The van der Waals surface area contributed by atoms with Gasteiger partial charge in [0.25, 0.3) is 0 Å². The molecule has 1 saturated heterocycles. The molecule has 1 amide bonds. The van der Waals surface area contributed by atoms with Crippen molar-refractivity contribution in [2.75, 3.05) is 39.3 Å². The fraction of sp³-hybridized carbons (Fsp3) is 0.467. The Morgan fingerprint density at radius 1 is 1.36 bits per heavy atom. The molecule has 1 aromatic heterocycles. The van der Waals surface area contributed by atoms with Gasteiger partial charge in [-0.15, -0.1) is 0 Å². The van der Waals surface area contributed by atoms with Crippen molar-refractivity contribution in [1.29, 1.82) is 0 Å². The largest absolute Gasteiger partial charge is 0.491 e. The number of fused-ring (bicyclic) bond motifs is 1. The molecule has 7 heteroatoms. The summed E-state index contributed by atoms with van der Waals surface area (Å²) in [6.45, 7) is 5.88. The summed E-state index contributed by atoms with van der Waals surface area (Å²) in [5.74, 6) is 0.134. The summed E-state index contributed by atoms with van der Waals surface area (Å²) in [6, 6.07) is 3.36. The summed E-state index contributed by atoms with van der Waals surface area (Å²) in [6.07, 6.45) is 2.52. The SMILES string of the molecule is NC(=O)c1cc(OCCCN2CCNCC2)c2nc[nH]c2c1. The second-order valence-corrected chi connectivity index (χ2v) is 5.43. The maximum absolute atomic E-state index is 11.4. The maximum Gasteiger partial charge on any atom is 0.248 e. The minimum Gasteiger partial charge on any atom is -0.491 e. The van der Waals surface area contributed by atoms with Crippen LogP contribution in [0, 0.1) is 0 Å². The summed E-state index contributed by atoms with van der Waals surface area (Å²) < 4.78 is 5.83. The van der Waals surface area contributed by atoms with Crippen molar-refractivity contribution in [2.24, 2.45) is 5.73 Å². The fourth-order valence-electron chi connectivity index (χ4n) is 2.67. The number of benzene rings is 1. The molecule has 1 aromatic carbocycles. The van der Waals surface area contributed by atoms with Gasteiger partial charge in [0.2, 0.25) is 5.91 Å². The molecule has 118 valence electrons. The van der Waals surface area contributed by atoms with E-state index in [0.717, 1.165) is 50.2 Å². The number of nitrogens with one attached hydrogen (secondary N) is 2. The monoisotopic (exact) mass is 303 g/mol. The number of nitrogens with two attached hydrogens (primary N) is 1. The fourth-order valence-corrected chi connectivity index (χ4v) is 2.67. The predicted molar refractivity (Wildman–Crippen MR) is 84.0 cm³/mol. The number of aromatic nitrogens is 2. The molecule has 1 fully saturated rings. The summed E-state index contributed by atoms with van der Waals surface area (Å²) in [7, 11) is 0. The van der Waals surface area contributed by atoms with E-state index in [1.54, 1.807) is 18.5 Å². The maximum atomic E-state index is 11.4. The summed E-state index contributed by atoms with van der Waals surface area (Å²) in [5.41, 5.74) is 7.26. The zero-order chi connectivity index (χ0) is 15.4. The molecule has 0 radical (unpaired) electrons. The predicted octanol–water partition coefficient (Wildman–Crippen LogP) is 0.336.